The molecule has 0 aromatic carbocycles. The van der Waals surface area contributed by atoms with Crippen molar-refractivity contribution in [2.75, 3.05) is 26.7 Å². The summed E-state index contributed by atoms with van der Waals surface area (Å²) >= 11 is 0. The molecule has 2 aromatic rings. The van der Waals surface area contributed by atoms with Gasteiger partial charge in [-0.25, -0.2) is 4.79 Å². The summed E-state index contributed by atoms with van der Waals surface area (Å²) in [6.07, 6.45) is 4.82. The molecular weight excluding hydrogens is 334 g/mol. The van der Waals surface area contributed by atoms with Gasteiger partial charge < -0.3 is 18.6 Å². The van der Waals surface area contributed by atoms with Crippen LogP contribution in [0.3, 0.4) is 0 Å². The number of hydrogen-bond acceptors (Lipinski definition) is 4. The highest BCUT2D eigenvalue weighted by Crippen LogP contribution is 2.32. The summed E-state index contributed by atoms with van der Waals surface area (Å²) in [7, 11) is 1.34. The van der Waals surface area contributed by atoms with Crippen LogP contribution in [0.4, 0.5) is 4.79 Å². The van der Waals surface area contributed by atoms with Crippen LogP contribution in [-0.4, -0.2) is 53.1 Å². The van der Waals surface area contributed by atoms with Gasteiger partial charge in [-0.1, -0.05) is 13.8 Å². The number of rotatable bonds is 5. The molecule has 26 heavy (non-hydrogen) atoms. The van der Waals surface area contributed by atoms with E-state index < -0.39 is 6.09 Å². The molecule has 7 nitrogen and oxygen atoms in total. The van der Waals surface area contributed by atoms with Crippen molar-refractivity contribution in [3.05, 3.63) is 48.2 Å². The van der Waals surface area contributed by atoms with E-state index in [1.54, 1.807) is 12.5 Å². The maximum atomic E-state index is 13.1. The minimum Gasteiger partial charge on any atom is -0.472 e. The normalized spacial score (nSPS) is 16.5. The molecule has 1 aliphatic rings. The van der Waals surface area contributed by atoms with E-state index in [9.17, 15) is 9.59 Å². The first-order valence-electron chi connectivity index (χ1n) is 8.80. The predicted octanol–water partition coefficient (Wildman–Crippen LogP) is 2.74. The Morgan fingerprint density at radius 2 is 2.15 bits per heavy atom. The first-order valence-corrected chi connectivity index (χ1v) is 8.80. The molecule has 2 amide bonds. The van der Waals surface area contributed by atoms with Gasteiger partial charge in [0.1, 0.15) is 12.6 Å². The van der Waals surface area contributed by atoms with Crippen LogP contribution in [0.2, 0.25) is 0 Å². The van der Waals surface area contributed by atoms with Crippen molar-refractivity contribution >= 4 is 12.0 Å². The zero-order chi connectivity index (χ0) is 18.7. The highest BCUT2D eigenvalue weighted by atomic mass is 16.5. The maximum absolute atomic E-state index is 13.1. The topological polar surface area (TPSA) is 67.9 Å². The van der Waals surface area contributed by atoms with E-state index in [2.05, 4.69) is 4.57 Å². The molecule has 0 saturated heterocycles. The van der Waals surface area contributed by atoms with Crippen molar-refractivity contribution in [3.63, 3.8) is 0 Å². The smallest absolute Gasteiger partial charge is 0.409 e. The number of ether oxygens (including phenoxy) is 1. The Bertz CT molecular complexity index is 751. The van der Waals surface area contributed by atoms with Gasteiger partial charge in [-0.05, 0) is 24.1 Å². The lowest BCUT2D eigenvalue weighted by Gasteiger charge is -2.37. The Balaban J connectivity index is 1.84. The number of carbonyl (C=O) groups excluding carboxylic acids is 2. The van der Waals surface area contributed by atoms with Gasteiger partial charge in [0.25, 0.3) is 0 Å². The fraction of sp³-hybridized carbons (Fsp3) is 0.474. The molecule has 0 spiro atoms. The van der Waals surface area contributed by atoms with E-state index in [0.29, 0.717) is 13.1 Å². The van der Waals surface area contributed by atoms with Gasteiger partial charge in [0.15, 0.2) is 0 Å². The van der Waals surface area contributed by atoms with Crippen LogP contribution in [0.5, 0.6) is 0 Å². The van der Waals surface area contributed by atoms with Crippen molar-refractivity contribution in [1.29, 1.82) is 0 Å². The molecule has 0 aliphatic carbocycles. The lowest BCUT2D eigenvalue weighted by molar-refractivity contribution is -0.134. The van der Waals surface area contributed by atoms with E-state index in [1.165, 1.54) is 12.0 Å². The number of aromatic nitrogens is 1. The average Bonchev–Trinajstić information content (AvgIpc) is 3.30. The minimum atomic E-state index is -0.479. The van der Waals surface area contributed by atoms with E-state index >= 15 is 0 Å². The zero-order valence-corrected chi connectivity index (χ0v) is 15.4. The first kappa shape index (κ1) is 18.1. The van der Waals surface area contributed by atoms with Crippen LogP contribution in [-0.2, 0) is 16.1 Å². The quantitative estimate of drug-likeness (QED) is 0.823. The minimum absolute atomic E-state index is 0.0000860. The number of carbonyl (C=O) groups is 2. The van der Waals surface area contributed by atoms with Crippen LogP contribution < -0.4 is 0 Å². The number of nitrogens with zero attached hydrogens (tertiary/aromatic N) is 3. The summed E-state index contributed by atoms with van der Waals surface area (Å²) in [4.78, 5) is 28.4. The lowest BCUT2D eigenvalue weighted by atomic mass is 10.0. The van der Waals surface area contributed by atoms with Crippen molar-refractivity contribution in [2.24, 2.45) is 5.92 Å². The molecule has 2 aromatic heterocycles. The Labute approximate surface area is 153 Å². The molecule has 3 heterocycles. The monoisotopic (exact) mass is 359 g/mol. The van der Waals surface area contributed by atoms with Crippen LogP contribution >= 0.6 is 0 Å². The van der Waals surface area contributed by atoms with Gasteiger partial charge in [0.05, 0.1) is 19.6 Å². The number of amides is 2. The van der Waals surface area contributed by atoms with Crippen LogP contribution in [0.25, 0.3) is 0 Å². The van der Waals surface area contributed by atoms with Crippen molar-refractivity contribution < 1.29 is 18.7 Å². The lowest BCUT2D eigenvalue weighted by Crippen LogP contribution is -2.48. The van der Waals surface area contributed by atoms with Crippen molar-refractivity contribution in [1.82, 2.24) is 14.4 Å². The van der Waals surface area contributed by atoms with Crippen LogP contribution in [0.1, 0.15) is 31.1 Å². The predicted molar refractivity (Wildman–Crippen MR) is 95.5 cm³/mol. The number of furan rings is 1. The van der Waals surface area contributed by atoms with Crippen LogP contribution in [0.15, 0.2) is 41.3 Å². The third-order valence-corrected chi connectivity index (χ3v) is 4.56. The van der Waals surface area contributed by atoms with Crippen LogP contribution in [0, 0.1) is 5.92 Å². The first-order chi connectivity index (χ1) is 12.5. The largest absolute Gasteiger partial charge is 0.472 e. The van der Waals surface area contributed by atoms with Gasteiger partial charge in [0, 0.05) is 37.1 Å². The number of methoxy groups -OCH3 is 1. The highest BCUT2D eigenvalue weighted by Gasteiger charge is 2.34. The van der Waals surface area contributed by atoms with Gasteiger partial charge in [-0.15, -0.1) is 0 Å². The summed E-state index contributed by atoms with van der Waals surface area (Å²) < 4.78 is 12.2. The SMILES string of the molecule is COC(=O)N(CC(=O)N1CCn2cccc2C1c1ccoc1)CC(C)C. The van der Waals surface area contributed by atoms with Gasteiger partial charge in [-0.3, -0.25) is 9.69 Å². The Morgan fingerprint density at radius 1 is 1.35 bits per heavy atom. The fourth-order valence-electron chi connectivity index (χ4n) is 3.46. The van der Waals surface area contributed by atoms with Gasteiger partial charge in [-0.2, -0.15) is 0 Å². The van der Waals surface area contributed by atoms with E-state index in [-0.39, 0.29) is 24.4 Å². The summed E-state index contributed by atoms with van der Waals surface area (Å²) in [5.74, 6) is 0.139. The average molecular weight is 359 g/mol. The number of hydrogen-bond donors (Lipinski definition) is 0. The van der Waals surface area contributed by atoms with Crippen molar-refractivity contribution in [2.45, 2.75) is 26.4 Å². The molecule has 1 atom stereocenters. The zero-order valence-electron chi connectivity index (χ0n) is 15.4. The Hall–Kier alpha value is -2.70. The third-order valence-electron chi connectivity index (χ3n) is 4.56. The molecule has 0 bridgehead atoms. The van der Waals surface area contributed by atoms with Crippen molar-refractivity contribution in [3.8, 4) is 0 Å². The Kier molecular flexibility index (Phi) is 5.35. The molecular formula is C19H25N3O4. The molecule has 0 saturated carbocycles. The summed E-state index contributed by atoms with van der Waals surface area (Å²) in [5.41, 5.74) is 1.96. The molecule has 140 valence electrons. The number of fused-ring (bicyclic) bond motifs is 1. The third kappa shape index (κ3) is 3.61. The van der Waals surface area contributed by atoms with E-state index in [1.807, 2.05) is 43.1 Å². The molecule has 3 rings (SSSR count). The highest BCUT2D eigenvalue weighted by molar-refractivity contribution is 5.83. The van der Waals surface area contributed by atoms with Gasteiger partial charge in [0.2, 0.25) is 5.91 Å². The second-order valence-electron chi connectivity index (χ2n) is 6.92. The maximum Gasteiger partial charge on any atom is 0.409 e. The van der Waals surface area contributed by atoms with E-state index in [4.69, 9.17) is 9.15 Å². The molecule has 0 radical (unpaired) electrons. The summed E-state index contributed by atoms with van der Waals surface area (Å²) in [6.45, 7) is 5.78. The second-order valence-corrected chi connectivity index (χ2v) is 6.92. The summed E-state index contributed by atoms with van der Waals surface area (Å²) in [6, 6.07) is 5.66. The summed E-state index contributed by atoms with van der Waals surface area (Å²) in [5, 5.41) is 0. The Morgan fingerprint density at radius 3 is 2.81 bits per heavy atom. The standard InChI is InChI=1S/C19H25N3O4/c1-14(2)11-21(19(24)25-3)12-17(23)22-9-8-20-7-4-5-16(20)18(22)15-6-10-26-13-15/h4-7,10,13-14,18H,8-9,11-12H2,1-3H3. The second kappa shape index (κ2) is 7.68. The van der Waals surface area contributed by atoms with E-state index in [0.717, 1.165) is 17.8 Å². The molecule has 1 unspecified atom stereocenters. The van der Waals surface area contributed by atoms with Gasteiger partial charge >= 0.3 is 6.09 Å². The fourth-order valence-corrected chi connectivity index (χ4v) is 3.46. The molecule has 7 heteroatoms. The molecule has 1 aliphatic heterocycles. The molecule has 0 fully saturated rings. The molecule has 0 N–H and O–H groups in total.